The number of nitrogens with zero attached hydrogens (tertiary/aromatic N) is 3. The molecule has 2 aromatic carbocycles. The van der Waals surface area contributed by atoms with Crippen LogP contribution in [-0.2, 0) is 0 Å². The first-order valence-corrected chi connectivity index (χ1v) is 8.86. The van der Waals surface area contributed by atoms with Gasteiger partial charge < -0.3 is 9.32 Å². The second-order valence-electron chi connectivity index (χ2n) is 5.94. The van der Waals surface area contributed by atoms with E-state index in [1.165, 1.54) is 0 Å². The molecule has 1 atom stereocenters. The molecule has 0 aliphatic carbocycles. The van der Waals surface area contributed by atoms with Gasteiger partial charge in [-0.15, -0.1) is 0 Å². The Morgan fingerprint density at radius 1 is 1.00 bits per heavy atom. The number of fused-ring (bicyclic) bond motifs is 5. The van der Waals surface area contributed by atoms with Gasteiger partial charge in [-0.2, -0.15) is 0 Å². The molecule has 1 aliphatic heterocycles. The van der Waals surface area contributed by atoms with Crippen LogP contribution in [0.5, 0.6) is 0 Å². The predicted molar refractivity (Wildman–Crippen MR) is 103 cm³/mol. The van der Waals surface area contributed by atoms with Gasteiger partial charge in [0.05, 0.1) is 11.0 Å². The van der Waals surface area contributed by atoms with Crippen LogP contribution in [0.3, 0.4) is 0 Å². The Bertz CT molecular complexity index is 1070. The summed E-state index contributed by atoms with van der Waals surface area (Å²) in [6.45, 7) is 0. The van der Waals surface area contributed by atoms with Crippen molar-refractivity contribution in [3.05, 3.63) is 70.2 Å². The van der Waals surface area contributed by atoms with Gasteiger partial charge in [0, 0.05) is 18.3 Å². The van der Waals surface area contributed by atoms with Crippen LogP contribution in [0.2, 0.25) is 0 Å². The number of hydrogen-bond acceptors (Lipinski definition) is 3. The van der Waals surface area contributed by atoms with E-state index in [2.05, 4.69) is 87.6 Å². The molecule has 2 aromatic heterocycles. The topological polar surface area (TPSA) is 34.2 Å². The molecular formula is C19H14IN3O. The zero-order chi connectivity index (χ0) is 16.3. The highest BCUT2D eigenvalue weighted by molar-refractivity contribution is 14.1. The van der Waals surface area contributed by atoms with Crippen molar-refractivity contribution in [2.75, 3.05) is 11.9 Å². The molecule has 0 spiro atoms. The Balaban J connectivity index is 1.88. The molecule has 0 fully saturated rings. The number of anilines is 1. The number of rotatable bonds is 1. The van der Waals surface area contributed by atoms with E-state index in [9.17, 15) is 0 Å². The number of aromatic nitrogens is 2. The average molecular weight is 427 g/mol. The Morgan fingerprint density at radius 3 is 2.62 bits per heavy atom. The molecule has 1 unspecified atom stereocenters. The van der Waals surface area contributed by atoms with E-state index in [1.54, 1.807) is 0 Å². The van der Waals surface area contributed by atoms with E-state index in [0.29, 0.717) is 0 Å². The molecule has 3 heterocycles. The highest BCUT2D eigenvalue weighted by atomic mass is 127. The Kier molecular flexibility index (Phi) is 3.00. The van der Waals surface area contributed by atoms with Crippen molar-refractivity contribution in [3.63, 3.8) is 0 Å². The van der Waals surface area contributed by atoms with Crippen molar-refractivity contribution in [3.8, 4) is 11.4 Å². The molecule has 0 bridgehead atoms. The smallest absolute Gasteiger partial charge is 0.167 e. The van der Waals surface area contributed by atoms with Crippen molar-refractivity contribution in [1.29, 1.82) is 0 Å². The molecule has 4 aromatic rings. The molecule has 5 heteroatoms. The fraction of sp³-hybridized carbons (Fsp3) is 0.105. The van der Waals surface area contributed by atoms with Crippen molar-refractivity contribution in [2.45, 2.75) is 6.17 Å². The van der Waals surface area contributed by atoms with Crippen molar-refractivity contribution >= 4 is 39.3 Å². The molecule has 0 radical (unpaired) electrons. The summed E-state index contributed by atoms with van der Waals surface area (Å²) in [5.41, 5.74) is 4.43. The van der Waals surface area contributed by atoms with Crippen LogP contribution in [0.4, 0.5) is 5.69 Å². The number of hydrogen-bond donors (Lipinski definition) is 0. The standard InChI is InChI=1S/C19H14IN3O/c1-22-14-8-4-2-6-12(14)18-21-13-7-3-5-9-15(13)23(18)19(22)16-10-11-17(20)24-16/h2-11,19H,1H3. The Morgan fingerprint density at radius 2 is 1.79 bits per heavy atom. The fourth-order valence-corrected chi connectivity index (χ4v) is 3.98. The van der Waals surface area contributed by atoms with Gasteiger partial charge in [0.15, 0.2) is 9.93 Å². The summed E-state index contributed by atoms with van der Waals surface area (Å²) in [5.74, 6) is 1.90. The van der Waals surface area contributed by atoms with Crippen LogP contribution in [0, 0.1) is 3.77 Å². The van der Waals surface area contributed by atoms with Crippen LogP contribution >= 0.6 is 22.6 Å². The molecule has 24 heavy (non-hydrogen) atoms. The maximum absolute atomic E-state index is 5.98. The van der Waals surface area contributed by atoms with Crippen molar-refractivity contribution < 1.29 is 4.42 Å². The van der Waals surface area contributed by atoms with Crippen LogP contribution in [0.1, 0.15) is 11.9 Å². The second-order valence-corrected chi connectivity index (χ2v) is 7.00. The highest BCUT2D eigenvalue weighted by Gasteiger charge is 2.33. The third-order valence-corrected chi connectivity index (χ3v) is 5.16. The van der Waals surface area contributed by atoms with Gasteiger partial charge in [-0.05, 0) is 59.0 Å². The summed E-state index contributed by atoms with van der Waals surface area (Å²) in [7, 11) is 2.11. The number of furan rings is 1. The van der Waals surface area contributed by atoms with Crippen LogP contribution in [0.25, 0.3) is 22.4 Å². The summed E-state index contributed by atoms with van der Waals surface area (Å²) in [6.07, 6.45) is -0.0502. The first-order valence-electron chi connectivity index (χ1n) is 7.78. The van der Waals surface area contributed by atoms with Gasteiger partial charge in [-0.3, -0.25) is 4.57 Å². The minimum atomic E-state index is -0.0502. The quantitative estimate of drug-likeness (QED) is 0.406. The molecule has 118 valence electrons. The maximum Gasteiger partial charge on any atom is 0.167 e. The summed E-state index contributed by atoms with van der Waals surface area (Å²) in [6, 6.07) is 20.7. The number of para-hydroxylation sites is 3. The molecule has 0 amide bonds. The predicted octanol–water partition coefficient (Wildman–Crippen LogP) is 4.90. The van der Waals surface area contributed by atoms with E-state index < -0.39 is 0 Å². The van der Waals surface area contributed by atoms with Gasteiger partial charge in [0.1, 0.15) is 11.6 Å². The van der Waals surface area contributed by atoms with Gasteiger partial charge in [0.25, 0.3) is 0 Å². The van der Waals surface area contributed by atoms with Gasteiger partial charge >= 0.3 is 0 Å². The average Bonchev–Trinajstić information content (AvgIpc) is 3.20. The van der Waals surface area contributed by atoms with Crippen molar-refractivity contribution in [2.24, 2.45) is 0 Å². The summed E-state index contributed by atoms with van der Waals surface area (Å²) >= 11 is 2.21. The normalized spacial score (nSPS) is 16.2. The molecular weight excluding hydrogens is 413 g/mol. The zero-order valence-electron chi connectivity index (χ0n) is 13.0. The molecule has 0 saturated carbocycles. The lowest BCUT2D eigenvalue weighted by molar-refractivity contribution is 0.413. The van der Waals surface area contributed by atoms with Gasteiger partial charge in [0.2, 0.25) is 0 Å². The van der Waals surface area contributed by atoms with E-state index in [-0.39, 0.29) is 6.17 Å². The maximum atomic E-state index is 5.98. The van der Waals surface area contributed by atoms with E-state index in [0.717, 1.165) is 37.6 Å². The van der Waals surface area contributed by atoms with Crippen LogP contribution < -0.4 is 4.90 Å². The van der Waals surface area contributed by atoms with E-state index in [1.807, 2.05) is 12.1 Å². The summed E-state index contributed by atoms with van der Waals surface area (Å²) in [5, 5.41) is 0. The summed E-state index contributed by atoms with van der Waals surface area (Å²) < 4.78 is 9.14. The molecule has 4 nitrogen and oxygen atoms in total. The molecule has 0 N–H and O–H groups in total. The first-order chi connectivity index (χ1) is 11.7. The van der Waals surface area contributed by atoms with Crippen molar-refractivity contribution in [1.82, 2.24) is 9.55 Å². The molecule has 1 aliphatic rings. The third kappa shape index (κ3) is 1.87. The highest BCUT2D eigenvalue weighted by Crippen LogP contribution is 2.43. The zero-order valence-corrected chi connectivity index (χ0v) is 15.1. The minimum Gasteiger partial charge on any atom is -0.451 e. The fourth-order valence-electron chi connectivity index (χ4n) is 3.54. The Labute approximate surface area is 152 Å². The minimum absolute atomic E-state index is 0.0502. The second kappa shape index (κ2) is 5.11. The summed E-state index contributed by atoms with van der Waals surface area (Å²) in [4.78, 5) is 7.16. The number of benzene rings is 2. The number of halogens is 1. The largest absolute Gasteiger partial charge is 0.451 e. The lowest BCUT2D eigenvalue weighted by atomic mass is 10.1. The van der Waals surface area contributed by atoms with Gasteiger partial charge in [-0.25, -0.2) is 4.98 Å². The monoisotopic (exact) mass is 427 g/mol. The Hall–Kier alpha value is -2.28. The SMILES string of the molecule is CN1c2ccccc2-c2nc3ccccc3n2C1c1ccc(I)o1. The van der Waals surface area contributed by atoms with Crippen LogP contribution in [0.15, 0.2) is 65.1 Å². The lowest BCUT2D eigenvalue weighted by Gasteiger charge is -2.36. The first kappa shape index (κ1) is 14.1. The third-order valence-electron chi connectivity index (χ3n) is 4.58. The van der Waals surface area contributed by atoms with Crippen LogP contribution in [-0.4, -0.2) is 16.6 Å². The lowest BCUT2D eigenvalue weighted by Crippen LogP contribution is -2.33. The molecule has 0 saturated heterocycles. The number of imidazole rings is 1. The molecule has 5 rings (SSSR count). The van der Waals surface area contributed by atoms with E-state index in [4.69, 9.17) is 9.40 Å². The van der Waals surface area contributed by atoms with Gasteiger partial charge in [-0.1, -0.05) is 24.3 Å². The van der Waals surface area contributed by atoms with E-state index >= 15 is 0 Å².